The summed E-state index contributed by atoms with van der Waals surface area (Å²) < 4.78 is 5.73. The van der Waals surface area contributed by atoms with E-state index in [0.29, 0.717) is 19.7 Å². The van der Waals surface area contributed by atoms with Gasteiger partial charge in [-0.3, -0.25) is 4.99 Å². The van der Waals surface area contributed by atoms with Crippen LogP contribution in [0.15, 0.2) is 60.2 Å². The number of ether oxygens (including phenoxy) is 1. The zero-order chi connectivity index (χ0) is 21.0. The van der Waals surface area contributed by atoms with Crippen molar-refractivity contribution in [2.45, 2.75) is 38.8 Å². The molecule has 1 aliphatic rings. The minimum atomic E-state index is 0.491. The van der Waals surface area contributed by atoms with Crippen LogP contribution in [0.25, 0.3) is 0 Å². The van der Waals surface area contributed by atoms with Crippen LogP contribution in [0.4, 0.5) is 5.82 Å². The summed E-state index contributed by atoms with van der Waals surface area (Å²) in [5.41, 5.74) is 2.27. The molecule has 1 fully saturated rings. The van der Waals surface area contributed by atoms with E-state index in [2.05, 4.69) is 50.3 Å². The van der Waals surface area contributed by atoms with E-state index < -0.39 is 0 Å². The molecule has 2 aromatic rings. The average molecular weight is 408 g/mol. The first-order valence-electron chi connectivity index (χ1n) is 10.8. The molecule has 30 heavy (non-hydrogen) atoms. The van der Waals surface area contributed by atoms with Gasteiger partial charge < -0.3 is 20.3 Å². The third-order valence-electron chi connectivity index (χ3n) is 5.20. The van der Waals surface area contributed by atoms with Gasteiger partial charge in [0, 0.05) is 45.0 Å². The van der Waals surface area contributed by atoms with Crippen molar-refractivity contribution in [2.24, 2.45) is 4.99 Å². The largest absolute Gasteiger partial charge is 0.489 e. The lowest BCUT2D eigenvalue weighted by molar-refractivity contribution is 0.358. The van der Waals surface area contributed by atoms with E-state index in [1.807, 2.05) is 24.4 Å². The maximum absolute atomic E-state index is 5.73. The minimum Gasteiger partial charge on any atom is -0.489 e. The van der Waals surface area contributed by atoms with Gasteiger partial charge in [-0.05, 0) is 36.6 Å². The molecule has 1 aliphatic heterocycles. The van der Waals surface area contributed by atoms with E-state index in [-0.39, 0.29) is 0 Å². The van der Waals surface area contributed by atoms with Crippen LogP contribution in [-0.4, -0.2) is 37.7 Å². The first-order valence-corrected chi connectivity index (χ1v) is 10.8. The van der Waals surface area contributed by atoms with Crippen LogP contribution in [-0.2, 0) is 13.1 Å². The number of hydrogen-bond acceptors (Lipinski definition) is 4. The third kappa shape index (κ3) is 6.51. The van der Waals surface area contributed by atoms with Gasteiger partial charge in [-0.25, -0.2) is 4.98 Å². The molecule has 0 unspecified atom stereocenters. The van der Waals surface area contributed by atoms with Crippen molar-refractivity contribution in [3.63, 3.8) is 0 Å². The highest BCUT2D eigenvalue weighted by Gasteiger charge is 2.11. The Morgan fingerprint density at radius 2 is 1.90 bits per heavy atom. The number of pyridine rings is 1. The van der Waals surface area contributed by atoms with Gasteiger partial charge >= 0.3 is 0 Å². The number of rotatable bonds is 8. The van der Waals surface area contributed by atoms with Gasteiger partial charge in [-0.2, -0.15) is 0 Å². The van der Waals surface area contributed by atoms with Crippen molar-refractivity contribution in [1.29, 1.82) is 0 Å². The van der Waals surface area contributed by atoms with Crippen LogP contribution in [0, 0.1) is 0 Å². The van der Waals surface area contributed by atoms with Crippen molar-refractivity contribution < 1.29 is 4.74 Å². The Morgan fingerprint density at radius 1 is 1.13 bits per heavy atom. The van der Waals surface area contributed by atoms with Gasteiger partial charge in [-0.15, -0.1) is 0 Å². The fourth-order valence-electron chi connectivity index (χ4n) is 3.57. The van der Waals surface area contributed by atoms with Crippen molar-refractivity contribution in [3.05, 3.63) is 66.4 Å². The summed E-state index contributed by atoms with van der Waals surface area (Å²) >= 11 is 0. The molecule has 1 aromatic heterocycles. The van der Waals surface area contributed by atoms with E-state index in [1.165, 1.54) is 31.2 Å². The highest BCUT2D eigenvalue weighted by Crippen LogP contribution is 2.19. The van der Waals surface area contributed by atoms with Gasteiger partial charge in [-0.1, -0.05) is 43.7 Å². The predicted octanol–water partition coefficient (Wildman–Crippen LogP) is 3.89. The van der Waals surface area contributed by atoms with E-state index in [0.717, 1.165) is 36.2 Å². The molecule has 0 radical (unpaired) electrons. The highest BCUT2D eigenvalue weighted by molar-refractivity contribution is 5.79. The maximum atomic E-state index is 5.73. The molecule has 2 N–H and O–H groups in total. The zero-order valence-electron chi connectivity index (χ0n) is 17.9. The minimum absolute atomic E-state index is 0.491. The van der Waals surface area contributed by atoms with Crippen LogP contribution in [0.2, 0.25) is 0 Å². The zero-order valence-corrected chi connectivity index (χ0v) is 17.9. The van der Waals surface area contributed by atoms with Crippen molar-refractivity contribution >= 4 is 11.8 Å². The fraction of sp³-hybridized carbons (Fsp3) is 0.417. The van der Waals surface area contributed by atoms with E-state index in [9.17, 15) is 0 Å². The van der Waals surface area contributed by atoms with Gasteiger partial charge in [0.25, 0.3) is 0 Å². The molecule has 0 atom stereocenters. The second-order valence-corrected chi connectivity index (χ2v) is 7.41. The lowest BCUT2D eigenvalue weighted by Gasteiger charge is -2.22. The molecule has 6 heteroatoms. The number of guanidine groups is 1. The monoisotopic (exact) mass is 407 g/mol. The number of hydrogen-bond donors (Lipinski definition) is 2. The van der Waals surface area contributed by atoms with Crippen molar-refractivity contribution in [2.75, 3.05) is 31.6 Å². The van der Waals surface area contributed by atoms with Crippen LogP contribution >= 0.6 is 0 Å². The lowest BCUT2D eigenvalue weighted by Crippen LogP contribution is -2.36. The van der Waals surface area contributed by atoms with Gasteiger partial charge in [0.05, 0.1) is 0 Å². The number of para-hydroxylation sites is 1. The summed E-state index contributed by atoms with van der Waals surface area (Å²) in [7, 11) is 1.78. The molecular formula is C24H33N5O. The molecule has 0 spiro atoms. The molecular weight excluding hydrogens is 374 g/mol. The smallest absolute Gasteiger partial charge is 0.191 e. The predicted molar refractivity (Wildman–Crippen MR) is 124 cm³/mol. The Kier molecular flexibility index (Phi) is 8.57. The van der Waals surface area contributed by atoms with Crippen LogP contribution in [0.1, 0.15) is 36.8 Å². The molecule has 0 aliphatic carbocycles. The standard InChI is InChI=1S/C24H33N5O/c1-3-16-30-22-11-7-6-10-21(22)19-28-24(25-2)27-18-20-12-13-26-23(17-20)29-14-8-4-5-9-15-29/h3,6-7,10-13,17H,1,4-5,8-9,14-16,18-19H2,2H3,(H2,25,27,28). The van der Waals surface area contributed by atoms with Crippen molar-refractivity contribution in [1.82, 2.24) is 15.6 Å². The normalized spacial score (nSPS) is 14.7. The molecule has 0 amide bonds. The van der Waals surface area contributed by atoms with Gasteiger partial charge in [0.1, 0.15) is 18.2 Å². The van der Waals surface area contributed by atoms with Crippen LogP contribution < -0.4 is 20.3 Å². The van der Waals surface area contributed by atoms with E-state index in [4.69, 9.17) is 4.74 Å². The number of nitrogens with zero attached hydrogens (tertiary/aromatic N) is 3. The Balaban J connectivity index is 1.55. The van der Waals surface area contributed by atoms with Gasteiger partial charge in [0.15, 0.2) is 5.96 Å². The molecule has 0 saturated carbocycles. The van der Waals surface area contributed by atoms with E-state index in [1.54, 1.807) is 13.1 Å². The summed E-state index contributed by atoms with van der Waals surface area (Å²) in [6.07, 6.45) is 8.79. The Bertz CT molecular complexity index is 828. The summed E-state index contributed by atoms with van der Waals surface area (Å²) in [5, 5.41) is 6.76. The summed E-state index contributed by atoms with van der Waals surface area (Å²) in [4.78, 5) is 11.3. The van der Waals surface area contributed by atoms with Crippen molar-refractivity contribution in [3.8, 4) is 5.75 Å². The Morgan fingerprint density at radius 3 is 2.67 bits per heavy atom. The first kappa shape index (κ1) is 21.7. The second-order valence-electron chi connectivity index (χ2n) is 7.41. The molecule has 3 rings (SSSR count). The SMILES string of the molecule is C=CCOc1ccccc1CNC(=NC)NCc1ccnc(N2CCCCCC2)c1. The molecule has 2 heterocycles. The summed E-state index contributed by atoms with van der Waals surface area (Å²) in [6, 6.07) is 12.2. The first-order chi connectivity index (χ1) is 14.8. The number of aromatic nitrogens is 1. The topological polar surface area (TPSA) is 61.8 Å². The Hall–Kier alpha value is -3.02. The molecule has 1 saturated heterocycles. The lowest BCUT2D eigenvalue weighted by atomic mass is 10.2. The highest BCUT2D eigenvalue weighted by atomic mass is 16.5. The summed E-state index contributed by atoms with van der Waals surface area (Å²) in [5.74, 6) is 2.69. The molecule has 6 nitrogen and oxygen atoms in total. The van der Waals surface area contributed by atoms with Crippen LogP contribution in [0.5, 0.6) is 5.75 Å². The van der Waals surface area contributed by atoms with Crippen LogP contribution in [0.3, 0.4) is 0 Å². The molecule has 0 bridgehead atoms. The fourth-order valence-corrected chi connectivity index (χ4v) is 3.57. The quantitative estimate of drug-likeness (QED) is 0.395. The number of aliphatic imine (C=N–C) groups is 1. The Labute approximate surface area is 180 Å². The second kappa shape index (κ2) is 11.9. The van der Waals surface area contributed by atoms with E-state index >= 15 is 0 Å². The molecule has 160 valence electrons. The number of anilines is 1. The molecule has 1 aromatic carbocycles. The number of nitrogens with one attached hydrogen (secondary N) is 2. The summed E-state index contributed by atoms with van der Waals surface area (Å²) in [6.45, 7) is 7.72. The average Bonchev–Trinajstić information content (AvgIpc) is 3.08. The third-order valence-corrected chi connectivity index (χ3v) is 5.20. The van der Waals surface area contributed by atoms with Gasteiger partial charge in [0.2, 0.25) is 0 Å². The number of benzene rings is 1. The maximum Gasteiger partial charge on any atom is 0.191 e.